The molecule has 0 radical (unpaired) electrons. The van der Waals surface area contributed by atoms with Gasteiger partial charge in [0, 0.05) is 24.1 Å². The van der Waals surface area contributed by atoms with Crippen LogP contribution in [0.25, 0.3) is 10.9 Å². The fraction of sp³-hybridized carbons (Fsp3) is 0.308. The number of Topliss-reactive ketones (excluding diaryl/α,β-unsaturated/α-hetero) is 1. The summed E-state index contributed by atoms with van der Waals surface area (Å²) in [4.78, 5) is 11.7. The minimum Gasteiger partial charge on any atom is -0.383 e. The van der Waals surface area contributed by atoms with Crippen molar-refractivity contribution < 1.29 is 9.53 Å². The van der Waals surface area contributed by atoms with Crippen LogP contribution in [0.4, 0.5) is 0 Å². The van der Waals surface area contributed by atoms with Gasteiger partial charge in [0.05, 0.1) is 17.7 Å². The Balaban J connectivity index is 2.70. The second-order valence-electron chi connectivity index (χ2n) is 4.03. The lowest BCUT2D eigenvalue weighted by molar-refractivity contribution is 0.101. The summed E-state index contributed by atoms with van der Waals surface area (Å²) in [5, 5.41) is 1.82. The molecule has 0 spiro atoms. The van der Waals surface area contributed by atoms with Gasteiger partial charge in [-0.1, -0.05) is 23.2 Å². The lowest BCUT2D eigenvalue weighted by atomic mass is 10.1. The monoisotopic (exact) mass is 285 g/mol. The van der Waals surface area contributed by atoms with Crippen molar-refractivity contribution in [2.45, 2.75) is 13.5 Å². The number of carbonyl (C=O) groups is 1. The Hall–Kier alpha value is -1.03. The first-order valence-corrected chi connectivity index (χ1v) is 6.29. The first-order chi connectivity index (χ1) is 8.56. The molecule has 0 aliphatic rings. The van der Waals surface area contributed by atoms with E-state index >= 15 is 0 Å². The van der Waals surface area contributed by atoms with Crippen LogP contribution in [0.3, 0.4) is 0 Å². The van der Waals surface area contributed by atoms with E-state index in [1.165, 1.54) is 6.92 Å². The third-order valence-corrected chi connectivity index (χ3v) is 3.46. The number of ether oxygens (including phenoxy) is 1. The number of halogens is 2. The number of aromatic nitrogens is 1. The second-order valence-corrected chi connectivity index (χ2v) is 4.82. The van der Waals surface area contributed by atoms with E-state index in [1.54, 1.807) is 19.2 Å². The Morgan fingerprint density at radius 2 is 2.11 bits per heavy atom. The Kier molecular flexibility index (Phi) is 3.95. The molecule has 18 heavy (non-hydrogen) atoms. The molecule has 1 heterocycles. The summed E-state index contributed by atoms with van der Waals surface area (Å²) in [6, 6.07) is 5.42. The van der Waals surface area contributed by atoms with Crippen molar-refractivity contribution in [2.75, 3.05) is 13.7 Å². The standard InChI is InChI=1S/C13H13Cl2NO2/c1-8(17)12-10-7-9(14)3-4-11(10)16(13(12)15)5-6-18-2/h3-4,7H,5-6H2,1-2H3. The number of methoxy groups -OCH3 is 1. The van der Waals surface area contributed by atoms with Gasteiger partial charge in [0.25, 0.3) is 0 Å². The Morgan fingerprint density at radius 1 is 1.39 bits per heavy atom. The molecule has 0 unspecified atom stereocenters. The molecule has 0 amide bonds. The van der Waals surface area contributed by atoms with Crippen LogP contribution in [0.15, 0.2) is 18.2 Å². The summed E-state index contributed by atoms with van der Waals surface area (Å²) in [7, 11) is 1.63. The zero-order valence-corrected chi connectivity index (χ0v) is 11.7. The van der Waals surface area contributed by atoms with Gasteiger partial charge in [-0.3, -0.25) is 4.79 Å². The predicted octanol–water partition coefficient (Wildman–Crippen LogP) is 3.80. The molecule has 0 atom stereocenters. The predicted molar refractivity (Wildman–Crippen MR) is 73.8 cm³/mol. The van der Waals surface area contributed by atoms with Crippen molar-refractivity contribution in [3.63, 3.8) is 0 Å². The molecule has 0 N–H and O–H groups in total. The highest BCUT2D eigenvalue weighted by Gasteiger charge is 2.18. The summed E-state index contributed by atoms with van der Waals surface area (Å²) in [6.07, 6.45) is 0. The second kappa shape index (κ2) is 5.31. The molecular formula is C13H13Cl2NO2. The quantitative estimate of drug-likeness (QED) is 0.800. The van der Waals surface area contributed by atoms with E-state index in [4.69, 9.17) is 27.9 Å². The number of nitrogens with zero attached hydrogens (tertiary/aromatic N) is 1. The van der Waals surface area contributed by atoms with Gasteiger partial charge in [-0.15, -0.1) is 0 Å². The van der Waals surface area contributed by atoms with Gasteiger partial charge in [0.15, 0.2) is 5.78 Å². The highest BCUT2D eigenvalue weighted by molar-refractivity contribution is 6.36. The Morgan fingerprint density at radius 3 is 2.72 bits per heavy atom. The molecule has 5 heteroatoms. The van der Waals surface area contributed by atoms with Crippen LogP contribution in [0.1, 0.15) is 17.3 Å². The number of rotatable bonds is 4. The Labute approximate surface area is 115 Å². The minimum atomic E-state index is -0.0663. The van der Waals surface area contributed by atoms with E-state index in [1.807, 2.05) is 10.6 Å². The van der Waals surface area contributed by atoms with Gasteiger partial charge in [-0.2, -0.15) is 0 Å². The third-order valence-electron chi connectivity index (χ3n) is 2.83. The molecule has 2 rings (SSSR count). The fourth-order valence-corrected chi connectivity index (χ4v) is 2.61. The summed E-state index contributed by atoms with van der Waals surface area (Å²) >= 11 is 12.3. The van der Waals surface area contributed by atoms with Crippen LogP contribution in [-0.4, -0.2) is 24.1 Å². The van der Waals surface area contributed by atoms with Gasteiger partial charge < -0.3 is 9.30 Å². The van der Waals surface area contributed by atoms with Gasteiger partial charge in [0.2, 0.25) is 0 Å². The van der Waals surface area contributed by atoms with Crippen molar-refractivity contribution in [2.24, 2.45) is 0 Å². The van der Waals surface area contributed by atoms with E-state index in [0.717, 1.165) is 10.9 Å². The van der Waals surface area contributed by atoms with Gasteiger partial charge >= 0.3 is 0 Å². The molecule has 2 aromatic rings. The molecule has 0 saturated carbocycles. The largest absolute Gasteiger partial charge is 0.383 e. The fourth-order valence-electron chi connectivity index (χ4n) is 2.03. The van der Waals surface area contributed by atoms with E-state index in [2.05, 4.69) is 0 Å². The molecule has 0 fully saturated rings. The van der Waals surface area contributed by atoms with Crippen LogP contribution in [-0.2, 0) is 11.3 Å². The molecule has 3 nitrogen and oxygen atoms in total. The van der Waals surface area contributed by atoms with Gasteiger partial charge in [-0.05, 0) is 25.1 Å². The number of ketones is 1. The first kappa shape index (κ1) is 13.4. The van der Waals surface area contributed by atoms with Crippen molar-refractivity contribution in [1.82, 2.24) is 4.57 Å². The lowest BCUT2D eigenvalue weighted by Crippen LogP contribution is -2.04. The van der Waals surface area contributed by atoms with E-state index < -0.39 is 0 Å². The number of benzene rings is 1. The smallest absolute Gasteiger partial charge is 0.163 e. The number of carbonyl (C=O) groups excluding carboxylic acids is 1. The average Bonchev–Trinajstić information content (AvgIpc) is 2.58. The summed E-state index contributed by atoms with van der Waals surface area (Å²) in [6.45, 7) is 2.63. The topological polar surface area (TPSA) is 31.2 Å². The van der Waals surface area contributed by atoms with Crippen LogP contribution in [0.2, 0.25) is 10.2 Å². The molecule has 0 bridgehead atoms. The van der Waals surface area contributed by atoms with E-state index in [-0.39, 0.29) is 5.78 Å². The zero-order chi connectivity index (χ0) is 13.3. The third kappa shape index (κ3) is 2.26. The molecule has 96 valence electrons. The van der Waals surface area contributed by atoms with Crippen LogP contribution in [0, 0.1) is 0 Å². The minimum absolute atomic E-state index is 0.0663. The maximum atomic E-state index is 11.7. The van der Waals surface area contributed by atoms with Crippen molar-refractivity contribution >= 4 is 39.9 Å². The number of hydrogen-bond acceptors (Lipinski definition) is 2. The maximum absolute atomic E-state index is 11.7. The maximum Gasteiger partial charge on any atom is 0.163 e. The average molecular weight is 286 g/mol. The van der Waals surface area contributed by atoms with Gasteiger partial charge in [0.1, 0.15) is 5.15 Å². The van der Waals surface area contributed by atoms with Crippen molar-refractivity contribution in [1.29, 1.82) is 0 Å². The molecule has 1 aromatic heterocycles. The van der Waals surface area contributed by atoms with Crippen molar-refractivity contribution in [3.05, 3.63) is 33.9 Å². The van der Waals surface area contributed by atoms with Crippen LogP contribution >= 0.6 is 23.2 Å². The van der Waals surface area contributed by atoms with Gasteiger partial charge in [-0.25, -0.2) is 0 Å². The van der Waals surface area contributed by atoms with Crippen molar-refractivity contribution in [3.8, 4) is 0 Å². The normalized spacial score (nSPS) is 11.1. The molecule has 0 aliphatic heterocycles. The molecule has 0 aliphatic carbocycles. The summed E-state index contributed by atoms with van der Waals surface area (Å²) < 4.78 is 6.92. The van der Waals surface area contributed by atoms with E-state index in [9.17, 15) is 4.79 Å². The summed E-state index contributed by atoms with van der Waals surface area (Å²) in [5.41, 5.74) is 1.41. The molecule has 0 saturated heterocycles. The number of fused-ring (bicyclic) bond motifs is 1. The highest BCUT2D eigenvalue weighted by atomic mass is 35.5. The Bertz CT molecular complexity index is 605. The number of hydrogen-bond donors (Lipinski definition) is 0. The molecule has 1 aromatic carbocycles. The zero-order valence-electron chi connectivity index (χ0n) is 10.2. The SMILES string of the molecule is COCCn1c(Cl)c(C(C)=O)c2cc(Cl)ccc21. The van der Waals surface area contributed by atoms with Crippen LogP contribution in [0.5, 0.6) is 0 Å². The highest BCUT2D eigenvalue weighted by Crippen LogP contribution is 2.32. The van der Waals surface area contributed by atoms with E-state index in [0.29, 0.717) is 28.9 Å². The summed E-state index contributed by atoms with van der Waals surface area (Å²) in [5.74, 6) is -0.0663. The molecular weight excluding hydrogens is 273 g/mol. The first-order valence-electron chi connectivity index (χ1n) is 5.53. The van der Waals surface area contributed by atoms with Crippen LogP contribution < -0.4 is 0 Å². The lowest BCUT2D eigenvalue weighted by Gasteiger charge is -2.05.